The number of imide groups is 1. The molecule has 0 bridgehead atoms. The Balaban J connectivity index is 1.31. The number of carboxylic acid groups (broad SMARTS) is 1. The zero-order valence-corrected chi connectivity index (χ0v) is 17.6. The van der Waals surface area contributed by atoms with E-state index < -0.39 is 17.8 Å². The molecule has 1 aliphatic rings. The maximum absolute atomic E-state index is 12.8. The van der Waals surface area contributed by atoms with Gasteiger partial charge in [-0.1, -0.05) is 6.07 Å². The number of aromatic nitrogens is 1. The third-order valence-electron chi connectivity index (χ3n) is 4.84. The molecule has 0 fully saturated rings. The Morgan fingerprint density at radius 2 is 1.45 bits per heavy atom. The molecule has 162 valence electrons. The van der Waals surface area contributed by atoms with Gasteiger partial charge in [0, 0.05) is 11.6 Å². The molecule has 9 heteroatoms. The molecule has 0 aliphatic carbocycles. The highest BCUT2D eigenvalue weighted by atomic mass is 32.1. The predicted octanol–water partition coefficient (Wildman–Crippen LogP) is 5.23. The average molecular weight is 458 g/mol. The number of benzene rings is 3. The number of fused-ring (bicyclic) bond motifs is 1. The molecule has 5 rings (SSSR count). The molecule has 0 saturated heterocycles. The molecule has 2 amide bonds. The second-order valence-corrected chi connectivity index (χ2v) is 7.85. The van der Waals surface area contributed by atoms with Gasteiger partial charge in [-0.3, -0.25) is 9.59 Å². The number of anilines is 1. The van der Waals surface area contributed by atoms with Crippen LogP contribution in [0.5, 0.6) is 23.0 Å². The number of hydrogen-bond acceptors (Lipinski definition) is 7. The number of carbonyl (C=O) groups excluding carboxylic acids is 2. The summed E-state index contributed by atoms with van der Waals surface area (Å²) in [4.78, 5) is 41.6. The lowest BCUT2D eigenvalue weighted by Gasteiger charge is -2.09. The van der Waals surface area contributed by atoms with Crippen LogP contribution in [0.3, 0.4) is 0 Å². The third kappa shape index (κ3) is 3.92. The van der Waals surface area contributed by atoms with Crippen LogP contribution in [0.25, 0.3) is 0 Å². The average Bonchev–Trinajstić information content (AvgIpc) is 3.42. The van der Waals surface area contributed by atoms with E-state index in [1.807, 2.05) is 0 Å². The van der Waals surface area contributed by atoms with Gasteiger partial charge in [0.2, 0.25) is 0 Å². The fourth-order valence-corrected chi connectivity index (χ4v) is 3.96. The summed E-state index contributed by atoms with van der Waals surface area (Å²) in [6, 6.07) is 17.6. The molecule has 33 heavy (non-hydrogen) atoms. The molecule has 1 aromatic heterocycles. The molecule has 8 nitrogen and oxygen atoms in total. The van der Waals surface area contributed by atoms with Crippen LogP contribution in [-0.2, 0) is 0 Å². The first-order chi connectivity index (χ1) is 16.0. The Kier molecular flexibility index (Phi) is 5.08. The Bertz CT molecular complexity index is 1380. The largest absolute Gasteiger partial charge is 0.478 e. The van der Waals surface area contributed by atoms with E-state index in [1.54, 1.807) is 53.9 Å². The van der Waals surface area contributed by atoms with Gasteiger partial charge in [-0.05, 0) is 60.7 Å². The van der Waals surface area contributed by atoms with Crippen LogP contribution in [0.4, 0.5) is 5.13 Å². The van der Waals surface area contributed by atoms with Crippen molar-refractivity contribution in [2.75, 3.05) is 4.90 Å². The van der Waals surface area contributed by atoms with Crippen LogP contribution in [0.1, 0.15) is 31.1 Å². The Hall–Kier alpha value is -4.50. The molecule has 0 spiro atoms. The molecule has 2 heterocycles. The summed E-state index contributed by atoms with van der Waals surface area (Å²) in [5, 5.41) is 11.1. The Labute approximate surface area is 191 Å². The van der Waals surface area contributed by atoms with Gasteiger partial charge in [0.25, 0.3) is 11.8 Å². The van der Waals surface area contributed by atoms with Crippen LogP contribution >= 0.6 is 11.3 Å². The van der Waals surface area contributed by atoms with Crippen molar-refractivity contribution in [1.82, 2.24) is 4.98 Å². The van der Waals surface area contributed by atoms with Crippen molar-refractivity contribution >= 4 is 34.3 Å². The topological polar surface area (TPSA) is 106 Å². The smallest absolute Gasteiger partial charge is 0.335 e. The Morgan fingerprint density at radius 3 is 2.09 bits per heavy atom. The first-order valence-electron chi connectivity index (χ1n) is 9.71. The molecular formula is C24H14N2O6S. The van der Waals surface area contributed by atoms with Gasteiger partial charge in [-0.15, -0.1) is 11.3 Å². The molecule has 3 aromatic carbocycles. The summed E-state index contributed by atoms with van der Waals surface area (Å²) >= 11 is 1.21. The van der Waals surface area contributed by atoms with Crippen molar-refractivity contribution in [2.45, 2.75) is 0 Å². The van der Waals surface area contributed by atoms with E-state index in [-0.39, 0.29) is 11.1 Å². The van der Waals surface area contributed by atoms with Crippen LogP contribution in [0.2, 0.25) is 0 Å². The highest BCUT2D eigenvalue weighted by molar-refractivity contribution is 7.14. The molecular weight excluding hydrogens is 444 g/mol. The predicted molar refractivity (Wildman–Crippen MR) is 120 cm³/mol. The van der Waals surface area contributed by atoms with Crippen molar-refractivity contribution in [3.63, 3.8) is 0 Å². The first kappa shape index (κ1) is 20.4. The van der Waals surface area contributed by atoms with Crippen LogP contribution < -0.4 is 14.4 Å². The number of carbonyl (C=O) groups is 3. The standard InChI is InChI=1S/C24H14N2O6S/c27-21-19-9-8-18(13-20(19)22(28)26(21)24-25-10-11-33-24)32-16-6-4-15(5-7-16)31-17-3-1-2-14(12-17)23(29)30/h1-13H,(H,29,30). The number of rotatable bonds is 6. The number of aromatic carboxylic acids is 1. The van der Waals surface area contributed by atoms with Gasteiger partial charge in [-0.25, -0.2) is 14.7 Å². The van der Waals surface area contributed by atoms with Crippen LogP contribution in [0, 0.1) is 0 Å². The van der Waals surface area contributed by atoms with E-state index in [2.05, 4.69) is 4.98 Å². The number of amides is 2. The van der Waals surface area contributed by atoms with Gasteiger partial charge in [0.1, 0.15) is 23.0 Å². The van der Waals surface area contributed by atoms with E-state index in [0.717, 1.165) is 4.90 Å². The number of carboxylic acids is 1. The zero-order chi connectivity index (χ0) is 22.9. The molecule has 4 aromatic rings. The van der Waals surface area contributed by atoms with Gasteiger partial charge < -0.3 is 14.6 Å². The van der Waals surface area contributed by atoms with Crippen LogP contribution in [-0.4, -0.2) is 27.9 Å². The first-order valence-corrected chi connectivity index (χ1v) is 10.6. The van der Waals surface area contributed by atoms with Gasteiger partial charge in [0.15, 0.2) is 5.13 Å². The maximum atomic E-state index is 12.8. The van der Waals surface area contributed by atoms with Crippen LogP contribution in [0.15, 0.2) is 78.3 Å². The minimum Gasteiger partial charge on any atom is -0.478 e. The van der Waals surface area contributed by atoms with Gasteiger partial charge in [-0.2, -0.15) is 0 Å². The van der Waals surface area contributed by atoms with Crippen molar-refractivity contribution in [1.29, 1.82) is 0 Å². The number of ether oxygens (including phenoxy) is 2. The summed E-state index contributed by atoms with van der Waals surface area (Å²) in [7, 11) is 0. The fraction of sp³-hybridized carbons (Fsp3) is 0. The molecule has 1 aliphatic heterocycles. The Morgan fingerprint density at radius 1 is 0.818 bits per heavy atom. The number of nitrogens with zero attached hydrogens (tertiary/aromatic N) is 2. The quantitative estimate of drug-likeness (QED) is 0.395. The molecule has 0 saturated carbocycles. The minimum absolute atomic E-state index is 0.130. The van der Waals surface area contributed by atoms with Crippen molar-refractivity contribution in [3.05, 3.63) is 95.0 Å². The molecule has 0 radical (unpaired) electrons. The number of hydrogen-bond donors (Lipinski definition) is 1. The lowest BCUT2D eigenvalue weighted by atomic mass is 10.1. The molecule has 1 N–H and O–H groups in total. The SMILES string of the molecule is O=C(O)c1cccc(Oc2ccc(Oc3ccc4c(c3)C(=O)N(c3nccs3)C4=O)cc2)c1. The third-order valence-corrected chi connectivity index (χ3v) is 5.60. The fourth-order valence-electron chi connectivity index (χ4n) is 3.32. The van der Waals surface area contributed by atoms with E-state index in [4.69, 9.17) is 14.6 Å². The molecule has 0 atom stereocenters. The van der Waals surface area contributed by atoms with E-state index in [0.29, 0.717) is 33.7 Å². The number of thiazole rings is 1. The monoisotopic (exact) mass is 458 g/mol. The highest BCUT2D eigenvalue weighted by Crippen LogP contribution is 2.33. The van der Waals surface area contributed by atoms with Crippen molar-refractivity contribution in [3.8, 4) is 23.0 Å². The molecule has 0 unspecified atom stereocenters. The van der Waals surface area contributed by atoms with E-state index in [1.165, 1.54) is 35.7 Å². The highest BCUT2D eigenvalue weighted by Gasteiger charge is 2.38. The zero-order valence-electron chi connectivity index (χ0n) is 16.8. The second kappa shape index (κ2) is 8.21. The summed E-state index contributed by atoms with van der Waals surface area (Å²) in [5.41, 5.74) is 0.686. The summed E-state index contributed by atoms with van der Waals surface area (Å²) in [6.07, 6.45) is 1.54. The van der Waals surface area contributed by atoms with Crippen molar-refractivity contribution in [2.24, 2.45) is 0 Å². The van der Waals surface area contributed by atoms with E-state index >= 15 is 0 Å². The van der Waals surface area contributed by atoms with Gasteiger partial charge in [0.05, 0.1) is 16.7 Å². The summed E-state index contributed by atoms with van der Waals surface area (Å²) < 4.78 is 11.5. The second-order valence-electron chi connectivity index (χ2n) is 6.98. The van der Waals surface area contributed by atoms with E-state index in [9.17, 15) is 14.4 Å². The van der Waals surface area contributed by atoms with Crippen molar-refractivity contribution < 1.29 is 29.0 Å². The lowest BCUT2D eigenvalue weighted by Crippen LogP contribution is -2.29. The minimum atomic E-state index is -1.03. The maximum Gasteiger partial charge on any atom is 0.335 e. The van der Waals surface area contributed by atoms with Gasteiger partial charge >= 0.3 is 5.97 Å². The lowest BCUT2D eigenvalue weighted by molar-refractivity contribution is 0.0695. The summed E-state index contributed by atoms with van der Waals surface area (Å²) in [6.45, 7) is 0. The normalized spacial score (nSPS) is 12.5. The summed E-state index contributed by atoms with van der Waals surface area (Å²) in [5.74, 6) is -0.0936.